The van der Waals surface area contributed by atoms with Gasteiger partial charge in [-0.15, -0.1) is 0 Å². The number of carboxylic acids is 1. The van der Waals surface area contributed by atoms with Crippen LogP contribution in [-0.2, 0) is 14.8 Å². The summed E-state index contributed by atoms with van der Waals surface area (Å²) in [6.07, 6.45) is 6.48. The highest BCUT2D eigenvalue weighted by molar-refractivity contribution is 7.89. The van der Waals surface area contributed by atoms with Gasteiger partial charge in [-0.1, -0.05) is 12.2 Å². The Bertz CT molecular complexity index is 361. The largest absolute Gasteiger partial charge is 0.481 e. The van der Waals surface area contributed by atoms with Crippen LogP contribution in [0.3, 0.4) is 0 Å². The third kappa shape index (κ3) is 5.27. The summed E-state index contributed by atoms with van der Waals surface area (Å²) in [7, 11) is -3.32. The van der Waals surface area contributed by atoms with Gasteiger partial charge in [0.25, 0.3) is 0 Å². The van der Waals surface area contributed by atoms with Gasteiger partial charge in [0.05, 0.1) is 5.75 Å². The molecule has 1 rings (SSSR count). The Hall–Kier alpha value is -0.880. The van der Waals surface area contributed by atoms with E-state index in [0.29, 0.717) is 0 Å². The first kappa shape index (κ1) is 13.2. The van der Waals surface area contributed by atoms with Crippen molar-refractivity contribution in [1.29, 1.82) is 0 Å². The standard InChI is InChI=1S/C10H17NO4S/c12-10(13)7-4-8-16(14,15)11-9-5-2-1-3-6-9/h1-2,9,11H,3-8H2,(H,12,13). The van der Waals surface area contributed by atoms with Crippen LogP contribution in [0.4, 0.5) is 0 Å². The molecule has 5 nitrogen and oxygen atoms in total. The number of hydrogen-bond donors (Lipinski definition) is 2. The number of carbonyl (C=O) groups is 1. The highest BCUT2D eigenvalue weighted by Crippen LogP contribution is 2.11. The molecule has 1 unspecified atom stereocenters. The number of allylic oxidation sites excluding steroid dienone is 1. The van der Waals surface area contributed by atoms with Crippen molar-refractivity contribution >= 4 is 16.0 Å². The molecule has 0 saturated carbocycles. The molecule has 0 fully saturated rings. The second-order valence-corrected chi connectivity index (χ2v) is 5.79. The average molecular weight is 247 g/mol. The summed E-state index contributed by atoms with van der Waals surface area (Å²) in [5.74, 6) is -1.07. The van der Waals surface area contributed by atoms with Crippen molar-refractivity contribution in [3.05, 3.63) is 12.2 Å². The highest BCUT2D eigenvalue weighted by Gasteiger charge is 2.18. The fourth-order valence-corrected chi connectivity index (χ4v) is 2.99. The van der Waals surface area contributed by atoms with E-state index in [1.807, 2.05) is 12.2 Å². The molecule has 0 bridgehead atoms. The van der Waals surface area contributed by atoms with Gasteiger partial charge >= 0.3 is 5.97 Å². The van der Waals surface area contributed by atoms with E-state index in [2.05, 4.69) is 4.72 Å². The Morgan fingerprint density at radius 2 is 2.19 bits per heavy atom. The lowest BCUT2D eigenvalue weighted by Crippen LogP contribution is -2.36. The molecule has 0 aromatic carbocycles. The molecule has 0 amide bonds. The maximum Gasteiger partial charge on any atom is 0.303 e. The zero-order valence-corrected chi connectivity index (χ0v) is 9.87. The second kappa shape index (κ2) is 6.00. The second-order valence-electron chi connectivity index (χ2n) is 3.92. The number of aliphatic carboxylic acids is 1. The predicted octanol–water partition coefficient (Wildman–Crippen LogP) is 0.879. The number of carboxylic acid groups (broad SMARTS) is 1. The molecule has 1 atom stereocenters. The SMILES string of the molecule is O=C(O)CCCS(=O)(=O)NC1CC=CCC1. The van der Waals surface area contributed by atoms with E-state index >= 15 is 0 Å². The molecule has 0 radical (unpaired) electrons. The Balaban J connectivity index is 2.33. The van der Waals surface area contributed by atoms with Gasteiger partial charge in [0.2, 0.25) is 10.0 Å². The first-order chi connectivity index (χ1) is 7.49. The molecular formula is C10H17NO4S. The maximum atomic E-state index is 11.6. The Morgan fingerprint density at radius 1 is 1.44 bits per heavy atom. The molecule has 0 aromatic rings. The van der Waals surface area contributed by atoms with E-state index in [1.165, 1.54) is 0 Å². The predicted molar refractivity (Wildman–Crippen MR) is 60.6 cm³/mol. The number of sulfonamides is 1. The van der Waals surface area contributed by atoms with Crippen molar-refractivity contribution in [2.75, 3.05) is 5.75 Å². The molecule has 0 heterocycles. The molecule has 6 heteroatoms. The lowest BCUT2D eigenvalue weighted by molar-refractivity contribution is -0.137. The van der Waals surface area contributed by atoms with Crippen molar-refractivity contribution in [1.82, 2.24) is 4.72 Å². The Kier molecular flexibility index (Phi) is 4.95. The van der Waals surface area contributed by atoms with Gasteiger partial charge in [0.15, 0.2) is 0 Å². The van der Waals surface area contributed by atoms with Gasteiger partial charge in [-0.3, -0.25) is 4.79 Å². The average Bonchev–Trinajstić information content (AvgIpc) is 2.17. The summed E-state index contributed by atoms with van der Waals surface area (Å²) in [6.45, 7) is 0. The van der Waals surface area contributed by atoms with Crippen molar-refractivity contribution < 1.29 is 18.3 Å². The summed E-state index contributed by atoms with van der Waals surface area (Å²) in [6, 6.07) is -0.0279. The molecule has 92 valence electrons. The van der Waals surface area contributed by atoms with Crippen LogP contribution in [0.25, 0.3) is 0 Å². The third-order valence-corrected chi connectivity index (χ3v) is 3.94. The minimum absolute atomic E-state index is 0.0279. The van der Waals surface area contributed by atoms with Gasteiger partial charge in [-0.25, -0.2) is 13.1 Å². The van der Waals surface area contributed by atoms with E-state index in [-0.39, 0.29) is 24.6 Å². The third-order valence-electron chi connectivity index (χ3n) is 2.42. The molecular weight excluding hydrogens is 230 g/mol. The minimum atomic E-state index is -3.32. The molecule has 0 spiro atoms. The number of nitrogens with one attached hydrogen (secondary N) is 1. The van der Waals surface area contributed by atoms with E-state index in [9.17, 15) is 13.2 Å². The summed E-state index contributed by atoms with van der Waals surface area (Å²) in [5.41, 5.74) is 0. The Morgan fingerprint density at radius 3 is 2.75 bits per heavy atom. The summed E-state index contributed by atoms with van der Waals surface area (Å²) in [4.78, 5) is 10.3. The molecule has 1 aliphatic rings. The fraction of sp³-hybridized carbons (Fsp3) is 0.700. The van der Waals surface area contributed by atoms with E-state index in [0.717, 1.165) is 19.3 Å². The minimum Gasteiger partial charge on any atom is -0.481 e. The fourth-order valence-electron chi connectivity index (χ4n) is 1.63. The lowest BCUT2D eigenvalue weighted by Gasteiger charge is -2.19. The van der Waals surface area contributed by atoms with Crippen LogP contribution in [0.2, 0.25) is 0 Å². The van der Waals surface area contributed by atoms with Crippen LogP contribution >= 0.6 is 0 Å². The quantitative estimate of drug-likeness (QED) is 0.682. The summed E-state index contributed by atoms with van der Waals surface area (Å²) in [5, 5.41) is 8.41. The van der Waals surface area contributed by atoms with E-state index in [1.54, 1.807) is 0 Å². The monoisotopic (exact) mass is 247 g/mol. The summed E-state index contributed by atoms with van der Waals surface area (Å²) >= 11 is 0. The van der Waals surface area contributed by atoms with Gasteiger partial charge in [-0.05, 0) is 25.7 Å². The van der Waals surface area contributed by atoms with Crippen LogP contribution in [0.15, 0.2) is 12.2 Å². The number of rotatable bonds is 6. The zero-order chi connectivity index (χ0) is 12.0. The smallest absolute Gasteiger partial charge is 0.303 e. The van der Waals surface area contributed by atoms with Crippen molar-refractivity contribution in [2.45, 2.75) is 38.1 Å². The normalized spacial score (nSPS) is 20.9. The first-order valence-corrected chi connectivity index (χ1v) is 7.01. The van der Waals surface area contributed by atoms with Crippen LogP contribution in [0, 0.1) is 0 Å². The van der Waals surface area contributed by atoms with Crippen molar-refractivity contribution in [3.63, 3.8) is 0 Å². The number of hydrogen-bond acceptors (Lipinski definition) is 3. The summed E-state index contributed by atoms with van der Waals surface area (Å²) < 4.78 is 25.7. The first-order valence-electron chi connectivity index (χ1n) is 5.36. The van der Waals surface area contributed by atoms with Crippen LogP contribution < -0.4 is 4.72 Å². The maximum absolute atomic E-state index is 11.6. The molecule has 0 aliphatic heterocycles. The molecule has 0 aromatic heterocycles. The highest BCUT2D eigenvalue weighted by atomic mass is 32.2. The zero-order valence-electron chi connectivity index (χ0n) is 9.05. The van der Waals surface area contributed by atoms with Gasteiger partial charge < -0.3 is 5.11 Å². The topological polar surface area (TPSA) is 83.5 Å². The van der Waals surface area contributed by atoms with Gasteiger partial charge in [0.1, 0.15) is 0 Å². The van der Waals surface area contributed by atoms with Crippen molar-refractivity contribution in [2.24, 2.45) is 0 Å². The van der Waals surface area contributed by atoms with Gasteiger partial charge in [-0.2, -0.15) is 0 Å². The molecule has 0 saturated heterocycles. The van der Waals surface area contributed by atoms with Gasteiger partial charge in [0, 0.05) is 12.5 Å². The van der Waals surface area contributed by atoms with Crippen LogP contribution in [0.1, 0.15) is 32.1 Å². The lowest BCUT2D eigenvalue weighted by atomic mass is 10.0. The van der Waals surface area contributed by atoms with E-state index < -0.39 is 16.0 Å². The Labute approximate surface area is 95.6 Å². The van der Waals surface area contributed by atoms with Crippen molar-refractivity contribution in [3.8, 4) is 0 Å². The van der Waals surface area contributed by atoms with E-state index in [4.69, 9.17) is 5.11 Å². The molecule has 2 N–H and O–H groups in total. The van der Waals surface area contributed by atoms with Crippen LogP contribution in [0.5, 0.6) is 0 Å². The van der Waals surface area contributed by atoms with Crippen LogP contribution in [-0.4, -0.2) is 31.3 Å². The molecule has 1 aliphatic carbocycles. The molecule has 16 heavy (non-hydrogen) atoms.